The van der Waals surface area contributed by atoms with Crippen LogP contribution in [-0.4, -0.2) is 37.2 Å². The van der Waals surface area contributed by atoms with E-state index in [0.717, 1.165) is 64.2 Å². The molecule has 0 saturated carbocycles. The Morgan fingerprint density at radius 3 is 0.732 bits per heavy atom. The Hall–Kier alpha value is -2.11. The molecule has 0 heterocycles. The van der Waals surface area contributed by atoms with Gasteiger partial charge in [0.1, 0.15) is 13.2 Å². The molecule has 0 spiro atoms. The van der Waals surface area contributed by atoms with E-state index in [1.807, 2.05) is 0 Å². The van der Waals surface area contributed by atoms with Crippen LogP contribution in [0.15, 0.2) is 24.3 Å². The van der Waals surface area contributed by atoms with Crippen molar-refractivity contribution >= 4 is 17.9 Å². The lowest BCUT2D eigenvalue weighted by Crippen LogP contribution is -2.30. The van der Waals surface area contributed by atoms with Crippen molar-refractivity contribution < 1.29 is 28.6 Å². The lowest BCUT2D eigenvalue weighted by Gasteiger charge is -2.18. The molecule has 0 aliphatic rings. The zero-order chi connectivity index (χ0) is 51.4. The van der Waals surface area contributed by atoms with E-state index < -0.39 is 6.10 Å². The lowest BCUT2D eigenvalue weighted by molar-refractivity contribution is -0.167. The van der Waals surface area contributed by atoms with E-state index >= 15 is 0 Å². The van der Waals surface area contributed by atoms with Gasteiger partial charge in [0, 0.05) is 19.3 Å². The van der Waals surface area contributed by atoms with E-state index in [-0.39, 0.29) is 31.1 Å². The van der Waals surface area contributed by atoms with Gasteiger partial charge in [-0.2, -0.15) is 0 Å². The zero-order valence-electron chi connectivity index (χ0n) is 48.0. The van der Waals surface area contributed by atoms with Gasteiger partial charge in [0.05, 0.1) is 0 Å². The van der Waals surface area contributed by atoms with Gasteiger partial charge < -0.3 is 14.2 Å². The maximum absolute atomic E-state index is 12.9. The summed E-state index contributed by atoms with van der Waals surface area (Å²) in [5.74, 6) is -0.857. The molecule has 0 amide bonds. The fourth-order valence-electron chi connectivity index (χ4n) is 9.61. The molecule has 6 heteroatoms. The molecule has 0 aromatic rings. The summed E-state index contributed by atoms with van der Waals surface area (Å²) < 4.78 is 16.9. The monoisotopic (exact) mass is 999 g/mol. The van der Waals surface area contributed by atoms with E-state index in [1.165, 1.54) is 250 Å². The highest BCUT2D eigenvalue weighted by atomic mass is 16.6. The summed E-state index contributed by atoms with van der Waals surface area (Å²) in [7, 11) is 0. The van der Waals surface area contributed by atoms with Crippen LogP contribution in [-0.2, 0) is 28.6 Å². The SMILES string of the molecule is CCCCC/C=C\CCCCCCCC(=O)OCC(COC(=O)CCCCCCCCCCCCCCCCCCCCCCCC)OC(=O)CCCCCCCCCCC/C=C\CCCCCCCC. The van der Waals surface area contributed by atoms with Crippen LogP contribution in [0.1, 0.15) is 355 Å². The minimum Gasteiger partial charge on any atom is -0.462 e. The first-order chi connectivity index (χ1) is 35.0. The molecule has 0 saturated heterocycles. The number of hydrogen-bond donors (Lipinski definition) is 0. The summed E-state index contributed by atoms with van der Waals surface area (Å²) >= 11 is 0. The fourth-order valence-corrected chi connectivity index (χ4v) is 9.61. The Morgan fingerprint density at radius 2 is 0.465 bits per heavy atom. The number of esters is 3. The Kier molecular flexibility index (Phi) is 58.6. The molecule has 418 valence electrons. The van der Waals surface area contributed by atoms with E-state index in [4.69, 9.17) is 14.2 Å². The van der Waals surface area contributed by atoms with Gasteiger partial charge in [-0.15, -0.1) is 0 Å². The number of unbranched alkanes of at least 4 members (excludes halogenated alkanes) is 44. The van der Waals surface area contributed by atoms with Crippen LogP contribution in [0.25, 0.3) is 0 Å². The minimum atomic E-state index is -0.772. The molecule has 0 aliphatic heterocycles. The molecule has 71 heavy (non-hydrogen) atoms. The number of hydrogen-bond acceptors (Lipinski definition) is 6. The van der Waals surface area contributed by atoms with Crippen LogP contribution in [0, 0.1) is 0 Å². The molecular formula is C65H122O6. The van der Waals surface area contributed by atoms with Gasteiger partial charge in [-0.05, 0) is 70.6 Å². The molecule has 0 aromatic heterocycles. The predicted molar refractivity (Wildman–Crippen MR) is 307 cm³/mol. The molecule has 0 aliphatic carbocycles. The molecule has 0 fully saturated rings. The number of ether oxygens (including phenoxy) is 3. The van der Waals surface area contributed by atoms with Crippen LogP contribution in [0.4, 0.5) is 0 Å². The summed E-state index contributed by atoms with van der Waals surface area (Å²) in [4.78, 5) is 38.2. The lowest BCUT2D eigenvalue weighted by atomic mass is 10.0. The van der Waals surface area contributed by atoms with Gasteiger partial charge in [0.15, 0.2) is 6.10 Å². The van der Waals surface area contributed by atoms with E-state index in [9.17, 15) is 14.4 Å². The summed E-state index contributed by atoms with van der Waals surface area (Å²) in [6.07, 6.45) is 71.9. The van der Waals surface area contributed by atoms with Crippen molar-refractivity contribution in [3.8, 4) is 0 Å². The minimum absolute atomic E-state index is 0.0697. The highest BCUT2D eigenvalue weighted by molar-refractivity contribution is 5.71. The van der Waals surface area contributed by atoms with Crippen molar-refractivity contribution in [1.82, 2.24) is 0 Å². The third kappa shape index (κ3) is 58.7. The number of rotatable bonds is 59. The van der Waals surface area contributed by atoms with Crippen molar-refractivity contribution in [2.75, 3.05) is 13.2 Å². The number of carbonyl (C=O) groups is 3. The summed E-state index contributed by atoms with van der Waals surface area (Å²) in [5.41, 5.74) is 0. The molecule has 1 atom stereocenters. The first-order valence-corrected chi connectivity index (χ1v) is 31.8. The van der Waals surface area contributed by atoms with Crippen LogP contribution < -0.4 is 0 Å². The molecule has 6 nitrogen and oxygen atoms in total. The van der Waals surface area contributed by atoms with Crippen molar-refractivity contribution in [3.05, 3.63) is 24.3 Å². The van der Waals surface area contributed by atoms with Gasteiger partial charge in [0.2, 0.25) is 0 Å². The Morgan fingerprint density at radius 1 is 0.268 bits per heavy atom. The quantitative estimate of drug-likeness (QED) is 0.0261. The molecule has 1 unspecified atom stereocenters. The first kappa shape index (κ1) is 68.9. The zero-order valence-corrected chi connectivity index (χ0v) is 48.0. The van der Waals surface area contributed by atoms with Crippen LogP contribution in [0.2, 0.25) is 0 Å². The molecular weight excluding hydrogens is 877 g/mol. The topological polar surface area (TPSA) is 78.9 Å². The Bertz CT molecular complexity index is 1150. The summed E-state index contributed by atoms with van der Waals surface area (Å²) in [6, 6.07) is 0. The first-order valence-electron chi connectivity index (χ1n) is 31.8. The molecule has 0 bridgehead atoms. The standard InChI is InChI=1S/C65H122O6/c1-4-7-10-13-16-19-22-25-27-29-31-32-33-35-36-38-40-43-46-49-52-55-58-64(67)70-61-62(60-69-63(66)57-54-51-48-45-42-24-21-18-15-12-9-6-3)71-65(68)59-56-53-50-47-44-41-39-37-34-30-28-26-23-20-17-14-11-8-5-2/h18,21,26,28,62H,4-17,19-20,22-25,27,29-61H2,1-3H3/b21-18-,28-26-. The second-order valence-corrected chi connectivity index (χ2v) is 21.7. The van der Waals surface area contributed by atoms with E-state index in [1.54, 1.807) is 0 Å². The van der Waals surface area contributed by atoms with Crippen LogP contribution in [0.5, 0.6) is 0 Å². The Labute approximate surface area is 443 Å². The summed E-state index contributed by atoms with van der Waals surface area (Å²) in [6.45, 7) is 6.67. The van der Waals surface area contributed by atoms with E-state index in [2.05, 4.69) is 45.1 Å². The third-order valence-electron chi connectivity index (χ3n) is 14.4. The average Bonchev–Trinajstić information content (AvgIpc) is 3.37. The van der Waals surface area contributed by atoms with Gasteiger partial charge >= 0.3 is 17.9 Å². The highest BCUT2D eigenvalue weighted by Crippen LogP contribution is 2.18. The van der Waals surface area contributed by atoms with Crippen molar-refractivity contribution in [3.63, 3.8) is 0 Å². The highest BCUT2D eigenvalue weighted by Gasteiger charge is 2.19. The average molecular weight is 1000 g/mol. The van der Waals surface area contributed by atoms with E-state index in [0.29, 0.717) is 19.3 Å². The van der Waals surface area contributed by atoms with Crippen molar-refractivity contribution in [1.29, 1.82) is 0 Å². The van der Waals surface area contributed by atoms with Crippen molar-refractivity contribution in [2.45, 2.75) is 361 Å². The summed E-state index contributed by atoms with van der Waals surface area (Å²) in [5, 5.41) is 0. The van der Waals surface area contributed by atoms with Gasteiger partial charge in [-0.1, -0.05) is 289 Å². The van der Waals surface area contributed by atoms with Crippen LogP contribution >= 0.6 is 0 Å². The van der Waals surface area contributed by atoms with Gasteiger partial charge in [-0.25, -0.2) is 0 Å². The third-order valence-corrected chi connectivity index (χ3v) is 14.4. The molecule has 0 radical (unpaired) electrons. The second kappa shape index (κ2) is 60.4. The predicted octanol–water partition coefficient (Wildman–Crippen LogP) is 21.4. The largest absolute Gasteiger partial charge is 0.462 e. The maximum Gasteiger partial charge on any atom is 0.306 e. The van der Waals surface area contributed by atoms with Crippen LogP contribution in [0.3, 0.4) is 0 Å². The number of allylic oxidation sites excluding steroid dienone is 4. The molecule has 0 rings (SSSR count). The normalized spacial score (nSPS) is 12.1. The fraction of sp³-hybridized carbons (Fsp3) is 0.892. The maximum atomic E-state index is 12.9. The smallest absolute Gasteiger partial charge is 0.306 e. The second-order valence-electron chi connectivity index (χ2n) is 21.7. The van der Waals surface area contributed by atoms with Gasteiger partial charge in [0.25, 0.3) is 0 Å². The molecule has 0 N–H and O–H groups in total. The Balaban J connectivity index is 4.25. The molecule has 0 aromatic carbocycles. The van der Waals surface area contributed by atoms with Crippen molar-refractivity contribution in [2.24, 2.45) is 0 Å². The number of carbonyl (C=O) groups excluding carboxylic acids is 3. The van der Waals surface area contributed by atoms with Gasteiger partial charge in [-0.3, -0.25) is 14.4 Å².